The van der Waals surface area contributed by atoms with E-state index in [-0.39, 0.29) is 11.6 Å². The van der Waals surface area contributed by atoms with E-state index in [2.05, 4.69) is 20.3 Å². The lowest BCUT2D eigenvalue weighted by atomic mass is 10.1. The molecule has 0 aliphatic rings. The van der Waals surface area contributed by atoms with Gasteiger partial charge in [0.15, 0.2) is 0 Å². The van der Waals surface area contributed by atoms with Gasteiger partial charge in [0.2, 0.25) is 0 Å². The number of hydrogen-bond donors (Lipinski definition) is 2. The highest BCUT2D eigenvalue weighted by molar-refractivity contribution is 5.92. The average Bonchev–Trinajstić information content (AvgIpc) is 2.52. The summed E-state index contributed by atoms with van der Waals surface area (Å²) in [5.41, 5.74) is 2.22. The maximum Gasteiger partial charge on any atom is 0.253 e. The summed E-state index contributed by atoms with van der Waals surface area (Å²) in [4.78, 5) is 23.4. The smallest absolute Gasteiger partial charge is 0.253 e. The molecule has 5 heteroatoms. The first-order valence-electron chi connectivity index (χ1n) is 6.82. The Hall–Kier alpha value is -2.69. The molecule has 3 rings (SSSR count). The van der Waals surface area contributed by atoms with Gasteiger partial charge in [0.25, 0.3) is 5.56 Å². The molecule has 2 heterocycles. The molecule has 0 spiro atoms. The predicted octanol–water partition coefficient (Wildman–Crippen LogP) is 2.80. The predicted molar refractivity (Wildman–Crippen MR) is 83.4 cm³/mol. The van der Waals surface area contributed by atoms with E-state index in [1.807, 2.05) is 38.1 Å². The molecule has 0 aliphatic carbocycles. The molecule has 2 aromatic heterocycles. The van der Waals surface area contributed by atoms with Crippen molar-refractivity contribution in [3.05, 3.63) is 64.5 Å². The van der Waals surface area contributed by atoms with E-state index in [0.717, 1.165) is 16.6 Å². The zero-order chi connectivity index (χ0) is 14.8. The van der Waals surface area contributed by atoms with Crippen LogP contribution in [0.3, 0.4) is 0 Å². The zero-order valence-electron chi connectivity index (χ0n) is 11.9. The summed E-state index contributed by atoms with van der Waals surface area (Å²) >= 11 is 0. The lowest BCUT2D eigenvalue weighted by Crippen LogP contribution is -2.17. The minimum absolute atomic E-state index is 0.0858. The molecular weight excluding hydrogens is 264 g/mol. The van der Waals surface area contributed by atoms with Crippen molar-refractivity contribution in [2.45, 2.75) is 19.9 Å². The molecule has 21 heavy (non-hydrogen) atoms. The van der Waals surface area contributed by atoms with Gasteiger partial charge in [-0.1, -0.05) is 18.2 Å². The van der Waals surface area contributed by atoms with Crippen molar-refractivity contribution in [3.8, 4) is 0 Å². The van der Waals surface area contributed by atoms with Gasteiger partial charge in [-0.3, -0.25) is 4.79 Å². The minimum Gasteiger partial charge on any atom is -0.374 e. The lowest BCUT2D eigenvalue weighted by molar-refractivity contribution is 0.788. The van der Waals surface area contributed by atoms with Crippen LogP contribution in [0.25, 0.3) is 10.9 Å². The zero-order valence-corrected chi connectivity index (χ0v) is 11.9. The summed E-state index contributed by atoms with van der Waals surface area (Å²) in [6.07, 6.45) is 3.42. The second-order valence-corrected chi connectivity index (χ2v) is 4.97. The Bertz CT molecular complexity index is 827. The largest absolute Gasteiger partial charge is 0.374 e. The number of anilines is 1. The summed E-state index contributed by atoms with van der Waals surface area (Å²) in [5.74, 6) is 0.696. The van der Waals surface area contributed by atoms with Gasteiger partial charge >= 0.3 is 0 Å². The van der Waals surface area contributed by atoms with Gasteiger partial charge < -0.3 is 10.3 Å². The van der Waals surface area contributed by atoms with Crippen LogP contribution in [0.2, 0.25) is 0 Å². The van der Waals surface area contributed by atoms with Crippen LogP contribution in [-0.4, -0.2) is 15.0 Å². The van der Waals surface area contributed by atoms with Gasteiger partial charge in [-0.2, -0.15) is 0 Å². The molecule has 0 fully saturated rings. The average molecular weight is 280 g/mol. The van der Waals surface area contributed by atoms with Crippen molar-refractivity contribution in [2.75, 3.05) is 5.32 Å². The van der Waals surface area contributed by atoms with Gasteiger partial charge in [0.1, 0.15) is 5.82 Å². The fourth-order valence-corrected chi connectivity index (χ4v) is 2.34. The third kappa shape index (κ3) is 2.50. The highest BCUT2D eigenvalue weighted by Gasteiger charge is 2.13. The van der Waals surface area contributed by atoms with Gasteiger partial charge in [-0.25, -0.2) is 9.97 Å². The Kier molecular flexibility index (Phi) is 3.39. The fraction of sp³-hybridized carbons (Fsp3) is 0.188. The number of hydrogen-bond acceptors (Lipinski definition) is 4. The van der Waals surface area contributed by atoms with Crippen LogP contribution >= 0.6 is 0 Å². The quantitative estimate of drug-likeness (QED) is 0.774. The summed E-state index contributed by atoms with van der Waals surface area (Å²) < 4.78 is 0. The molecular formula is C16H16N4O. The Balaban J connectivity index is 2.08. The number of aromatic amines is 1. The molecule has 0 radical (unpaired) electrons. The molecule has 0 saturated heterocycles. The molecule has 2 N–H and O–H groups in total. The Morgan fingerprint density at radius 1 is 1.14 bits per heavy atom. The monoisotopic (exact) mass is 280 g/mol. The second kappa shape index (κ2) is 5.36. The van der Waals surface area contributed by atoms with E-state index in [4.69, 9.17) is 0 Å². The van der Waals surface area contributed by atoms with Crippen LogP contribution in [0.4, 0.5) is 5.69 Å². The number of nitrogens with zero attached hydrogens (tertiary/aromatic N) is 2. The fourth-order valence-electron chi connectivity index (χ4n) is 2.34. The number of nitrogens with one attached hydrogen (secondary N) is 2. The maximum absolute atomic E-state index is 12.0. The third-order valence-electron chi connectivity index (χ3n) is 3.49. The Labute approximate surface area is 122 Å². The van der Waals surface area contributed by atoms with E-state index in [1.54, 1.807) is 18.5 Å². The highest BCUT2D eigenvalue weighted by Crippen LogP contribution is 2.26. The van der Waals surface area contributed by atoms with Gasteiger partial charge in [0, 0.05) is 23.3 Å². The molecule has 0 bridgehead atoms. The molecule has 0 saturated carbocycles. The third-order valence-corrected chi connectivity index (χ3v) is 3.49. The first-order valence-corrected chi connectivity index (χ1v) is 6.82. The number of aromatic nitrogens is 3. The van der Waals surface area contributed by atoms with Gasteiger partial charge in [0.05, 0.1) is 17.2 Å². The van der Waals surface area contributed by atoms with Crippen LogP contribution in [0, 0.1) is 6.92 Å². The van der Waals surface area contributed by atoms with Crippen LogP contribution < -0.4 is 10.9 Å². The first kappa shape index (κ1) is 13.3. The summed E-state index contributed by atoms with van der Waals surface area (Å²) in [6.45, 7) is 3.79. The van der Waals surface area contributed by atoms with Crippen LogP contribution in [0.1, 0.15) is 24.4 Å². The van der Waals surface area contributed by atoms with Crippen molar-refractivity contribution in [1.82, 2.24) is 15.0 Å². The summed E-state index contributed by atoms with van der Waals surface area (Å²) in [5, 5.41) is 4.35. The molecule has 0 aliphatic heterocycles. The summed E-state index contributed by atoms with van der Waals surface area (Å²) in [6, 6.07) is 9.43. The maximum atomic E-state index is 12.0. The van der Waals surface area contributed by atoms with E-state index < -0.39 is 0 Å². The van der Waals surface area contributed by atoms with Gasteiger partial charge in [-0.15, -0.1) is 0 Å². The molecule has 0 amide bonds. The van der Waals surface area contributed by atoms with Crippen molar-refractivity contribution < 1.29 is 0 Å². The standard InChI is InChI=1S/C16H16N4O/c1-10-14(19-11(2)15-17-8-5-9-18-15)12-6-3-4-7-13(12)20-16(10)21/h3-9,11H,1-2H3,(H2,19,20,21). The Morgan fingerprint density at radius 3 is 2.62 bits per heavy atom. The van der Waals surface area contributed by atoms with Crippen molar-refractivity contribution in [2.24, 2.45) is 0 Å². The summed E-state index contributed by atoms with van der Waals surface area (Å²) in [7, 11) is 0. The van der Waals surface area contributed by atoms with Crippen molar-refractivity contribution >= 4 is 16.6 Å². The number of benzene rings is 1. The minimum atomic E-state index is -0.0879. The van der Waals surface area contributed by atoms with E-state index >= 15 is 0 Å². The van der Waals surface area contributed by atoms with E-state index in [9.17, 15) is 4.79 Å². The number of para-hydroxylation sites is 1. The van der Waals surface area contributed by atoms with Gasteiger partial charge in [-0.05, 0) is 26.0 Å². The highest BCUT2D eigenvalue weighted by atomic mass is 16.1. The molecule has 1 atom stereocenters. The SMILES string of the molecule is Cc1c(NC(C)c2ncccn2)c2ccccc2[nH]c1=O. The molecule has 106 valence electrons. The van der Waals surface area contributed by atoms with Crippen molar-refractivity contribution in [3.63, 3.8) is 0 Å². The first-order chi connectivity index (χ1) is 10.2. The number of fused-ring (bicyclic) bond motifs is 1. The molecule has 1 unspecified atom stereocenters. The van der Waals surface area contributed by atoms with E-state index in [0.29, 0.717) is 11.4 Å². The van der Waals surface area contributed by atoms with Crippen molar-refractivity contribution in [1.29, 1.82) is 0 Å². The number of H-pyrrole nitrogens is 1. The normalized spacial score (nSPS) is 12.3. The van der Waals surface area contributed by atoms with Crippen LogP contribution in [0.5, 0.6) is 0 Å². The van der Waals surface area contributed by atoms with Crippen LogP contribution in [0.15, 0.2) is 47.5 Å². The Morgan fingerprint density at radius 2 is 1.86 bits per heavy atom. The number of rotatable bonds is 3. The second-order valence-electron chi connectivity index (χ2n) is 4.97. The molecule has 3 aromatic rings. The molecule has 1 aromatic carbocycles. The number of pyridine rings is 1. The topological polar surface area (TPSA) is 70.7 Å². The molecule has 5 nitrogen and oxygen atoms in total. The van der Waals surface area contributed by atoms with Crippen LogP contribution in [-0.2, 0) is 0 Å². The van der Waals surface area contributed by atoms with E-state index in [1.165, 1.54) is 0 Å². The lowest BCUT2D eigenvalue weighted by Gasteiger charge is -2.17.